The lowest BCUT2D eigenvalue weighted by atomic mass is 9.84. The van der Waals surface area contributed by atoms with Gasteiger partial charge in [0.05, 0.1) is 22.4 Å². The zero-order valence-electron chi connectivity index (χ0n) is 17.9. The van der Waals surface area contributed by atoms with Crippen LogP contribution in [0.1, 0.15) is 22.6 Å². The average molecular weight is 524 g/mol. The Bertz CT molecular complexity index is 1830. The van der Waals surface area contributed by atoms with E-state index in [1.54, 1.807) is 23.1 Å². The predicted octanol–water partition coefficient (Wildman–Crippen LogP) is 5.34. The van der Waals surface area contributed by atoms with Gasteiger partial charge in [0.15, 0.2) is 11.4 Å². The summed E-state index contributed by atoms with van der Waals surface area (Å²) in [6.07, 6.45) is 3.25. The fourth-order valence-electron chi connectivity index (χ4n) is 4.55. The van der Waals surface area contributed by atoms with Crippen LogP contribution >= 0.6 is 15.9 Å². The average Bonchev–Trinajstić information content (AvgIpc) is 3.33. The van der Waals surface area contributed by atoms with Gasteiger partial charge in [-0.05, 0) is 42.0 Å². The Morgan fingerprint density at radius 2 is 1.83 bits per heavy atom. The molecule has 8 nitrogen and oxygen atoms in total. The first-order chi connectivity index (χ1) is 17.2. The zero-order chi connectivity index (χ0) is 23.5. The number of aromatic nitrogens is 5. The normalized spacial score (nSPS) is 14.5. The summed E-state index contributed by atoms with van der Waals surface area (Å²) in [6, 6.07) is 20.7. The van der Waals surface area contributed by atoms with Gasteiger partial charge in [-0.1, -0.05) is 46.3 Å². The SMILES string of the molecule is O=c1oc2ccccc2c2c1C(c1cccc(Br)c1)c1c(ncn3nc(-c4ccccn4)nc13)O2. The number of benzene rings is 2. The van der Waals surface area contributed by atoms with E-state index in [1.807, 2.05) is 60.7 Å². The van der Waals surface area contributed by atoms with E-state index in [-0.39, 0.29) is 0 Å². The van der Waals surface area contributed by atoms with E-state index in [4.69, 9.17) is 14.1 Å². The summed E-state index contributed by atoms with van der Waals surface area (Å²) in [6.45, 7) is 0. The van der Waals surface area contributed by atoms with Crippen molar-refractivity contribution in [3.8, 4) is 23.1 Å². The molecular formula is C26H14BrN5O3. The van der Waals surface area contributed by atoms with Crippen LogP contribution in [0, 0.1) is 0 Å². The Balaban J connectivity index is 1.57. The second-order valence-corrected chi connectivity index (χ2v) is 9.02. The number of nitrogens with zero attached hydrogens (tertiary/aromatic N) is 5. The maximum absolute atomic E-state index is 13.4. The van der Waals surface area contributed by atoms with Gasteiger partial charge in [-0.25, -0.2) is 19.3 Å². The molecule has 168 valence electrons. The second kappa shape index (κ2) is 7.57. The highest BCUT2D eigenvalue weighted by atomic mass is 79.9. The van der Waals surface area contributed by atoms with Gasteiger partial charge in [0.25, 0.3) is 0 Å². The van der Waals surface area contributed by atoms with Crippen molar-refractivity contribution < 1.29 is 9.15 Å². The van der Waals surface area contributed by atoms with Gasteiger partial charge in [-0.15, -0.1) is 5.10 Å². The lowest BCUT2D eigenvalue weighted by Gasteiger charge is -2.27. The summed E-state index contributed by atoms with van der Waals surface area (Å²) in [5.41, 5.74) is 3.03. The summed E-state index contributed by atoms with van der Waals surface area (Å²) < 4.78 is 14.5. The van der Waals surface area contributed by atoms with Crippen molar-refractivity contribution in [2.75, 3.05) is 0 Å². The summed E-state index contributed by atoms with van der Waals surface area (Å²) in [5, 5.41) is 5.28. The third kappa shape index (κ3) is 3.08. The molecule has 7 rings (SSSR count). The van der Waals surface area contributed by atoms with Crippen molar-refractivity contribution in [1.82, 2.24) is 24.6 Å². The molecule has 6 aromatic rings. The molecule has 0 saturated heterocycles. The van der Waals surface area contributed by atoms with Gasteiger partial charge < -0.3 is 9.15 Å². The highest BCUT2D eigenvalue weighted by Crippen LogP contribution is 2.49. The largest absolute Gasteiger partial charge is 0.437 e. The van der Waals surface area contributed by atoms with E-state index >= 15 is 0 Å². The van der Waals surface area contributed by atoms with Crippen LogP contribution in [0.15, 0.2) is 92.9 Å². The van der Waals surface area contributed by atoms with Crippen LogP contribution in [-0.2, 0) is 0 Å². The molecule has 0 aliphatic carbocycles. The van der Waals surface area contributed by atoms with Gasteiger partial charge in [0.2, 0.25) is 11.7 Å². The Morgan fingerprint density at radius 3 is 2.69 bits per heavy atom. The Hall–Kier alpha value is -4.37. The highest BCUT2D eigenvalue weighted by Gasteiger charge is 2.37. The number of para-hydroxylation sites is 1. The first kappa shape index (κ1) is 20.0. The van der Waals surface area contributed by atoms with Gasteiger partial charge in [-0.3, -0.25) is 4.98 Å². The molecule has 0 radical (unpaired) electrons. The molecule has 2 aromatic carbocycles. The fourth-order valence-corrected chi connectivity index (χ4v) is 4.97. The van der Waals surface area contributed by atoms with Crippen molar-refractivity contribution >= 4 is 32.5 Å². The second-order valence-electron chi connectivity index (χ2n) is 8.10. The van der Waals surface area contributed by atoms with Crippen molar-refractivity contribution in [3.05, 3.63) is 111 Å². The number of halogens is 1. The number of hydrogen-bond donors (Lipinski definition) is 0. The minimum atomic E-state index is -0.538. The van der Waals surface area contributed by atoms with Crippen molar-refractivity contribution in [3.63, 3.8) is 0 Å². The van der Waals surface area contributed by atoms with E-state index in [9.17, 15) is 4.79 Å². The molecule has 35 heavy (non-hydrogen) atoms. The van der Waals surface area contributed by atoms with Crippen molar-refractivity contribution in [1.29, 1.82) is 0 Å². The minimum Gasteiger partial charge on any atom is -0.437 e. The molecule has 0 saturated carbocycles. The number of fused-ring (bicyclic) bond motifs is 6. The molecule has 1 aliphatic heterocycles. The van der Waals surface area contributed by atoms with Gasteiger partial charge in [0.1, 0.15) is 17.6 Å². The summed E-state index contributed by atoms with van der Waals surface area (Å²) >= 11 is 3.56. The molecule has 9 heteroatoms. The Labute approximate surface area is 206 Å². The van der Waals surface area contributed by atoms with Crippen LogP contribution < -0.4 is 10.4 Å². The van der Waals surface area contributed by atoms with Gasteiger partial charge >= 0.3 is 5.63 Å². The van der Waals surface area contributed by atoms with Crippen molar-refractivity contribution in [2.24, 2.45) is 0 Å². The summed E-state index contributed by atoms with van der Waals surface area (Å²) in [5.74, 6) is 0.718. The summed E-state index contributed by atoms with van der Waals surface area (Å²) in [4.78, 5) is 27.1. The molecule has 0 spiro atoms. The van der Waals surface area contributed by atoms with Crippen molar-refractivity contribution in [2.45, 2.75) is 5.92 Å². The molecule has 1 aliphatic rings. The standard InChI is InChI=1S/C26H14BrN5O3/c27-15-7-5-6-14(12-15)19-20-22(16-8-1-2-10-18(16)34-26(20)33)35-25-21(19)24-30-23(31-32(24)13-29-25)17-9-3-4-11-28-17/h1-13,19H. The van der Waals surface area contributed by atoms with Gasteiger partial charge in [-0.2, -0.15) is 0 Å². The zero-order valence-corrected chi connectivity index (χ0v) is 19.5. The Morgan fingerprint density at radius 1 is 0.943 bits per heavy atom. The molecule has 0 fully saturated rings. The van der Waals surface area contributed by atoms with E-state index in [1.165, 1.54) is 0 Å². The molecule has 1 unspecified atom stereocenters. The third-order valence-corrected chi connectivity index (χ3v) is 6.53. The quantitative estimate of drug-likeness (QED) is 0.282. The lowest BCUT2D eigenvalue weighted by Crippen LogP contribution is -2.22. The van der Waals surface area contributed by atoms with Crippen LogP contribution in [0.5, 0.6) is 11.6 Å². The Kier molecular flexibility index (Phi) is 4.34. The molecular weight excluding hydrogens is 510 g/mol. The number of rotatable bonds is 2. The van der Waals surface area contributed by atoms with Crippen LogP contribution in [0.25, 0.3) is 28.1 Å². The van der Waals surface area contributed by atoms with E-state index < -0.39 is 11.5 Å². The number of hydrogen-bond acceptors (Lipinski definition) is 7. The molecule has 4 aromatic heterocycles. The van der Waals surface area contributed by atoms with Crippen LogP contribution in [0.3, 0.4) is 0 Å². The molecule has 0 N–H and O–H groups in total. The first-order valence-electron chi connectivity index (χ1n) is 10.8. The third-order valence-electron chi connectivity index (χ3n) is 6.04. The van der Waals surface area contributed by atoms with E-state index in [0.717, 1.165) is 10.0 Å². The number of ether oxygens (including phenoxy) is 1. The topological polar surface area (TPSA) is 95.4 Å². The maximum Gasteiger partial charge on any atom is 0.344 e. The molecule has 0 amide bonds. The van der Waals surface area contributed by atoms with Crippen LogP contribution in [0.4, 0.5) is 0 Å². The van der Waals surface area contributed by atoms with Crippen LogP contribution in [-0.4, -0.2) is 24.6 Å². The number of pyridine rings is 1. The van der Waals surface area contributed by atoms with E-state index in [2.05, 4.69) is 31.0 Å². The summed E-state index contributed by atoms with van der Waals surface area (Å²) in [7, 11) is 0. The lowest BCUT2D eigenvalue weighted by molar-refractivity contribution is 0.422. The van der Waals surface area contributed by atoms with Crippen LogP contribution in [0.2, 0.25) is 0 Å². The highest BCUT2D eigenvalue weighted by molar-refractivity contribution is 9.10. The molecule has 0 bridgehead atoms. The van der Waals surface area contributed by atoms with E-state index in [0.29, 0.717) is 50.9 Å². The minimum absolute atomic E-state index is 0.366. The molecule has 1 atom stereocenters. The first-order valence-corrected chi connectivity index (χ1v) is 11.6. The monoisotopic (exact) mass is 523 g/mol. The smallest absolute Gasteiger partial charge is 0.344 e. The predicted molar refractivity (Wildman–Crippen MR) is 132 cm³/mol. The fraction of sp³-hybridized carbons (Fsp3) is 0.0385. The van der Waals surface area contributed by atoms with Gasteiger partial charge in [0, 0.05) is 10.7 Å². The maximum atomic E-state index is 13.4. The molecule has 5 heterocycles.